The third-order valence-electron chi connectivity index (χ3n) is 4.27. The predicted molar refractivity (Wildman–Crippen MR) is 101 cm³/mol. The van der Waals surface area contributed by atoms with Crippen molar-refractivity contribution in [1.29, 1.82) is 0 Å². The fourth-order valence-corrected chi connectivity index (χ4v) is 4.25. The van der Waals surface area contributed by atoms with Gasteiger partial charge in [0.1, 0.15) is 16.5 Å². The molecule has 1 aliphatic heterocycles. The number of hydrogen-bond donors (Lipinski definition) is 1. The molecule has 132 valence electrons. The molecule has 1 saturated heterocycles. The first kappa shape index (κ1) is 17.6. The van der Waals surface area contributed by atoms with Gasteiger partial charge in [0.15, 0.2) is 0 Å². The Morgan fingerprint density at radius 2 is 2.00 bits per heavy atom. The van der Waals surface area contributed by atoms with E-state index in [1.807, 2.05) is 6.92 Å². The van der Waals surface area contributed by atoms with Crippen molar-refractivity contribution in [3.05, 3.63) is 16.8 Å². The van der Waals surface area contributed by atoms with Gasteiger partial charge >= 0.3 is 0 Å². The van der Waals surface area contributed by atoms with Crippen molar-refractivity contribution in [2.75, 3.05) is 38.2 Å². The van der Waals surface area contributed by atoms with E-state index >= 15 is 0 Å². The van der Waals surface area contributed by atoms with Crippen molar-refractivity contribution in [2.24, 2.45) is 5.92 Å². The third-order valence-corrected chi connectivity index (χ3v) is 5.19. The number of aromatic nitrogens is 2. The summed E-state index contributed by atoms with van der Waals surface area (Å²) in [5, 5.41) is 7.11. The first-order valence-corrected chi connectivity index (χ1v) is 9.72. The van der Waals surface area contributed by atoms with Gasteiger partial charge in [0.05, 0.1) is 18.6 Å². The Labute approximate surface area is 148 Å². The number of nitrogens with zero attached hydrogens (tertiary/aromatic N) is 3. The van der Waals surface area contributed by atoms with Gasteiger partial charge in [0.2, 0.25) is 0 Å². The van der Waals surface area contributed by atoms with Crippen LogP contribution in [0.15, 0.2) is 5.38 Å². The molecule has 0 spiro atoms. The first-order valence-electron chi connectivity index (χ1n) is 8.84. The Morgan fingerprint density at radius 1 is 1.25 bits per heavy atom. The van der Waals surface area contributed by atoms with E-state index in [0.717, 1.165) is 55.7 Å². The van der Waals surface area contributed by atoms with Gasteiger partial charge < -0.3 is 10.1 Å². The second kappa shape index (κ2) is 7.76. The molecule has 5 nitrogen and oxygen atoms in total. The average molecular weight is 349 g/mol. The molecular weight excluding hydrogens is 320 g/mol. The maximum Gasteiger partial charge on any atom is 0.139 e. The van der Waals surface area contributed by atoms with Crippen LogP contribution >= 0.6 is 11.3 Å². The quantitative estimate of drug-likeness (QED) is 0.868. The molecular formula is C18H28N4OS. The number of rotatable bonds is 6. The smallest absolute Gasteiger partial charge is 0.139 e. The fraction of sp³-hybridized carbons (Fsp3) is 0.667. The van der Waals surface area contributed by atoms with Crippen molar-refractivity contribution in [1.82, 2.24) is 14.9 Å². The van der Waals surface area contributed by atoms with Crippen LogP contribution in [0, 0.1) is 12.8 Å². The number of nitrogens with one attached hydrogen (secondary N) is 1. The summed E-state index contributed by atoms with van der Waals surface area (Å²) in [6, 6.07) is 0.340. The number of hydrogen-bond acceptors (Lipinski definition) is 6. The van der Waals surface area contributed by atoms with E-state index in [0.29, 0.717) is 12.0 Å². The molecule has 3 heterocycles. The van der Waals surface area contributed by atoms with E-state index in [-0.39, 0.29) is 0 Å². The lowest BCUT2D eigenvalue weighted by Crippen LogP contribution is -2.42. The highest BCUT2D eigenvalue weighted by atomic mass is 32.1. The number of anilines is 1. The summed E-state index contributed by atoms with van der Waals surface area (Å²) in [7, 11) is 0. The molecule has 0 aromatic carbocycles. The zero-order chi connectivity index (χ0) is 17.1. The van der Waals surface area contributed by atoms with Crippen molar-refractivity contribution >= 4 is 27.4 Å². The summed E-state index contributed by atoms with van der Waals surface area (Å²) in [5.41, 5.74) is 1.37. The molecule has 0 radical (unpaired) electrons. The molecule has 0 bridgehead atoms. The van der Waals surface area contributed by atoms with Crippen LogP contribution in [0.2, 0.25) is 0 Å². The third kappa shape index (κ3) is 4.23. The van der Waals surface area contributed by atoms with Gasteiger partial charge in [-0.1, -0.05) is 13.8 Å². The summed E-state index contributed by atoms with van der Waals surface area (Å²) < 4.78 is 5.43. The second-order valence-corrected chi connectivity index (χ2v) is 7.97. The molecule has 1 unspecified atom stereocenters. The summed E-state index contributed by atoms with van der Waals surface area (Å²) in [4.78, 5) is 12.9. The van der Waals surface area contributed by atoms with Gasteiger partial charge in [0.25, 0.3) is 0 Å². The lowest BCUT2D eigenvalue weighted by atomic mass is 10.0. The number of thiophene rings is 1. The van der Waals surface area contributed by atoms with Gasteiger partial charge in [-0.05, 0) is 37.1 Å². The molecule has 1 atom stereocenters. The van der Waals surface area contributed by atoms with Crippen LogP contribution in [0.1, 0.15) is 32.2 Å². The molecule has 1 fully saturated rings. The molecule has 3 rings (SSSR count). The fourth-order valence-electron chi connectivity index (χ4n) is 3.25. The number of morpholine rings is 1. The Morgan fingerprint density at radius 3 is 2.71 bits per heavy atom. The molecule has 2 aromatic rings. The Kier molecular flexibility index (Phi) is 5.69. The van der Waals surface area contributed by atoms with Gasteiger partial charge in [-0.25, -0.2) is 9.97 Å². The SMILES string of the molecule is Cc1nc(NC(C)CN2CCOCC2)c2c(CC(C)C)csc2n1. The largest absolute Gasteiger partial charge is 0.379 e. The standard InChI is InChI=1S/C18H28N4OS/c1-12(2)9-15-11-24-18-16(15)17(20-14(4)21-18)19-13(3)10-22-5-7-23-8-6-22/h11-13H,5-10H2,1-4H3,(H,19,20,21). The lowest BCUT2D eigenvalue weighted by Gasteiger charge is -2.29. The van der Waals surface area contributed by atoms with E-state index < -0.39 is 0 Å². The van der Waals surface area contributed by atoms with E-state index in [4.69, 9.17) is 9.72 Å². The summed E-state index contributed by atoms with van der Waals surface area (Å²) in [6.07, 6.45) is 1.07. The lowest BCUT2D eigenvalue weighted by molar-refractivity contribution is 0.0368. The number of ether oxygens (including phenoxy) is 1. The maximum atomic E-state index is 5.43. The van der Waals surface area contributed by atoms with Gasteiger partial charge in [-0.15, -0.1) is 11.3 Å². The molecule has 1 N–H and O–H groups in total. The van der Waals surface area contributed by atoms with Gasteiger partial charge in [-0.2, -0.15) is 0 Å². The molecule has 2 aromatic heterocycles. The van der Waals surface area contributed by atoms with E-state index in [2.05, 4.69) is 41.4 Å². The van der Waals surface area contributed by atoms with Crippen molar-refractivity contribution in [2.45, 2.75) is 40.2 Å². The van der Waals surface area contributed by atoms with E-state index in [1.165, 1.54) is 10.9 Å². The average Bonchev–Trinajstić information content (AvgIpc) is 2.90. The molecule has 6 heteroatoms. The topological polar surface area (TPSA) is 50.3 Å². The van der Waals surface area contributed by atoms with Crippen molar-refractivity contribution < 1.29 is 4.74 Å². The maximum absolute atomic E-state index is 5.43. The van der Waals surface area contributed by atoms with Crippen LogP contribution in [0.4, 0.5) is 5.82 Å². The number of aryl methyl sites for hydroxylation is 1. The predicted octanol–water partition coefficient (Wildman–Crippen LogP) is 3.33. The minimum Gasteiger partial charge on any atom is -0.379 e. The summed E-state index contributed by atoms with van der Waals surface area (Å²) in [5.74, 6) is 2.46. The molecule has 0 aliphatic carbocycles. The van der Waals surface area contributed by atoms with E-state index in [1.54, 1.807) is 11.3 Å². The highest BCUT2D eigenvalue weighted by Gasteiger charge is 2.18. The van der Waals surface area contributed by atoms with Crippen LogP contribution in [0.5, 0.6) is 0 Å². The molecule has 0 saturated carbocycles. The van der Waals surface area contributed by atoms with Crippen LogP contribution in [-0.2, 0) is 11.2 Å². The monoisotopic (exact) mass is 348 g/mol. The molecule has 24 heavy (non-hydrogen) atoms. The minimum atomic E-state index is 0.340. The summed E-state index contributed by atoms with van der Waals surface area (Å²) in [6.45, 7) is 13.4. The van der Waals surface area contributed by atoms with Crippen LogP contribution in [0.25, 0.3) is 10.2 Å². The summed E-state index contributed by atoms with van der Waals surface area (Å²) >= 11 is 1.73. The van der Waals surface area contributed by atoms with Crippen LogP contribution < -0.4 is 5.32 Å². The van der Waals surface area contributed by atoms with Crippen molar-refractivity contribution in [3.8, 4) is 0 Å². The Hall–Kier alpha value is -1.24. The van der Waals surface area contributed by atoms with Crippen molar-refractivity contribution in [3.63, 3.8) is 0 Å². The normalized spacial score (nSPS) is 17.5. The minimum absolute atomic E-state index is 0.340. The molecule has 0 amide bonds. The highest BCUT2D eigenvalue weighted by Crippen LogP contribution is 2.32. The Balaban J connectivity index is 1.80. The Bertz CT molecular complexity index is 679. The molecule has 1 aliphatic rings. The van der Waals surface area contributed by atoms with Gasteiger partial charge in [0, 0.05) is 25.7 Å². The van der Waals surface area contributed by atoms with Crippen LogP contribution in [0.3, 0.4) is 0 Å². The zero-order valence-electron chi connectivity index (χ0n) is 15.1. The zero-order valence-corrected chi connectivity index (χ0v) is 15.9. The number of fused-ring (bicyclic) bond motifs is 1. The second-order valence-electron chi connectivity index (χ2n) is 7.12. The van der Waals surface area contributed by atoms with Crippen LogP contribution in [-0.4, -0.2) is 53.8 Å². The highest BCUT2D eigenvalue weighted by molar-refractivity contribution is 7.17. The van der Waals surface area contributed by atoms with E-state index in [9.17, 15) is 0 Å². The van der Waals surface area contributed by atoms with Gasteiger partial charge in [-0.3, -0.25) is 4.90 Å². The first-order chi connectivity index (χ1) is 11.5.